The number of hydrogen-bond donors (Lipinski definition) is 0. The van der Waals surface area contributed by atoms with E-state index in [9.17, 15) is 0 Å². The van der Waals surface area contributed by atoms with Crippen LogP contribution in [0.1, 0.15) is 0 Å². The first-order valence-corrected chi connectivity index (χ1v) is 16.9. The Morgan fingerprint density at radius 3 is 1.69 bits per heavy atom. The van der Waals surface area contributed by atoms with Crippen LogP contribution in [0.4, 0.5) is 0 Å². The van der Waals surface area contributed by atoms with Gasteiger partial charge in [-0.25, -0.2) is 15.0 Å². The Morgan fingerprint density at radius 2 is 0.917 bits per heavy atom. The molecule has 0 bridgehead atoms. The second-order valence-electron chi connectivity index (χ2n) is 12.0. The summed E-state index contributed by atoms with van der Waals surface area (Å²) >= 11 is 1.79. The lowest BCUT2D eigenvalue weighted by Gasteiger charge is -2.14. The Bertz CT molecular complexity index is 2800. The third kappa shape index (κ3) is 4.11. The number of rotatable bonds is 4. The van der Waals surface area contributed by atoms with E-state index in [-0.39, 0.29) is 0 Å². The Morgan fingerprint density at radius 1 is 0.375 bits per heavy atom. The van der Waals surface area contributed by atoms with Crippen molar-refractivity contribution in [1.29, 1.82) is 0 Å². The van der Waals surface area contributed by atoms with Crippen LogP contribution in [0.3, 0.4) is 0 Å². The third-order valence-electron chi connectivity index (χ3n) is 9.27. The highest BCUT2D eigenvalue weighted by atomic mass is 32.1. The van der Waals surface area contributed by atoms with Crippen molar-refractivity contribution in [2.75, 3.05) is 0 Å². The van der Waals surface area contributed by atoms with Crippen molar-refractivity contribution in [2.45, 2.75) is 0 Å². The van der Waals surface area contributed by atoms with Crippen molar-refractivity contribution < 1.29 is 0 Å². The Hall–Kier alpha value is -6.17. The predicted molar refractivity (Wildman–Crippen MR) is 201 cm³/mol. The molecule has 0 fully saturated rings. The van der Waals surface area contributed by atoms with E-state index in [0.717, 1.165) is 33.2 Å². The summed E-state index contributed by atoms with van der Waals surface area (Å²) in [4.78, 5) is 15.5. The van der Waals surface area contributed by atoms with Gasteiger partial charge >= 0.3 is 0 Å². The van der Waals surface area contributed by atoms with Gasteiger partial charge in [0, 0.05) is 53.0 Å². The second kappa shape index (κ2) is 10.7. The molecule has 10 rings (SSSR count). The van der Waals surface area contributed by atoms with Crippen molar-refractivity contribution >= 4 is 64.1 Å². The first-order chi connectivity index (χ1) is 23.8. The molecule has 0 atom stereocenters. The molecule has 0 amide bonds. The molecule has 0 aliphatic heterocycles. The molecular weight excluding hydrogens is 605 g/mol. The summed E-state index contributed by atoms with van der Waals surface area (Å²) in [6.45, 7) is 0. The normalized spacial score (nSPS) is 11.8. The Balaban J connectivity index is 1.24. The van der Waals surface area contributed by atoms with E-state index in [1.54, 1.807) is 11.3 Å². The van der Waals surface area contributed by atoms with Crippen molar-refractivity contribution in [1.82, 2.24) is 19.5 Å². The summed E-state index contributed by atoms with van der Waals surface area (Å²) < 4.78 is 4.82. The molecule has 0 radical (unpaired) electrons. The number of nitrogens with zero attached hydrogens (tertiary/aromatic N) is 4. The summed E-state index contributed by atoms with van der Waals surface area (Å²) in [6, 6.07) is 55.5. The molecule has 3 aromatic heterocycles. The molecule has 5 heteroatoms. The Labute approximate surface area is 280 Å². The predicted octanol–water partition coefficient (Wildman–Crippen LogP) is 11.5. The zero-order valence-corrected chi connectivity index (χ0v) is 26.5. The van der Waals surface area contributed by atoms with Gasteiger partial charge in [0.1, 0.15) is 0 Å². The van der Waals surface area contributed by atoms with E-state index >= 15 is 0 Å². The smallest absolute Gasteiger partial charge is 0.165 e. The number of fused-ring (bicyclic) bond motifs is 7. The van der Waals surface area contributed by atoms with E-state index in [1.807, 2.05) is 18.2 Å². The minimum Gasteiger partial charge on any atom is -0.309 e. The maximum atomic E-state index is 5.24. The van der Waals surface area contributed by atoms with Crippen molar-refractivity contribution in [3.63, 3.8) is 0 Å². The van der Waals surface area contributed by atoms with Gasteiger partial charge in [0.2, 0.25) is 0 Å². The molecule has 4 nitrogen and oxygen atoms in total. The van der Waals surface area contributed by atoms with E-state index in [2.05, 4.69) is 144 Å². The number of aromatic nitrogens is 4. The summed E-state index contributed by atoms with van der Waals surface area (Å²) in [7, 11) is 0. The van der Waals surface area contributed by atoms with E-state index in [1.165, 1.54) is 42.0 Å². The molecule has 0 saturated heterocycles. The average molecular weight is 631 g/mol. The molecular formula is C43H26N4S. The van der Waals surface area contributed by atoms with E-state index < -0.39 is 0 Å². The van der Waals surface area contributed by atoms with Gasteiger partial charge in [0.05, 0.1) is 16.7 Å². The molecule has 224 valence electrons. The van der Waals surface area contributed by atoms with Crippen LogP contribution >= 0.6 is 11.3 Å². The molecule has 0 aliphatic rings. The molecule has 10 aromatic rings. The number of hydrogen-bond acceptors (Lipinski definition) is 4. The number of thiophene rings is 1. The average Bonchev–Trinajstić information content (AvgIpc) is 3.70. The van der Waals surface area contributed by atoms with Gasteiger partial charge in [-0.1, -0.05) is 127 Å². The SMILES string of the molecule is c1ccc(-c2nc(-c3cccc4c(-n5c6ccccc6c6ccccc65)cccc34)nc(-c3cccc4c3sc3ccccc34)n2)cc1. The minimum atomic E-state index is 0.655. The van der Waals surface area contributed by atoms with Gasteiger partial charge in [-0.2, -0.15) is 0 Å². The molecule has 3 heterocycles. The van der Waals surface area contributed by atoms with Crippen LogP contribution in [-0.4, -0.2) is 19.5 Å². The molecule has 48 heavy (non-hydrogen) atoms. The van der Waals surface area contributed by atoms with E-state index in [4.69, 9.17) is 15.0 Å². The topological polar surface area (TPSA) is 43.6 Å². The fraction of sp³-hybridized carbons (Fsp3) is 0. The quantitative estimate of drug-likeness (QED) is 0.194. The first kappa shape index (κ1) is 27.0. The highest BCUT2D eigenvalue weighted by Gasteiger charge is 2.19. The zero-order chi connectivity index (χ0) is 31.6. The first-order valence-electron chi connectivity index (χ1n) is 16.0. The van der Waals surface area contributed by atoms with E-state index in [0.29, 0.717) is 17.5 Å². The van der Waals surface area contributed by atoms with Crippen LogP contribution in [0.15, 0.2) is 158 Å². The van der Waals surface area contributed by atoms with Gasteiger partial charge in [-0.3, -0.25) is 0 Å². The van der Waals surface area contributed by atoms with Gasteiger partial charge in [0.15, 0.2) is 17.5 Å². The summed E-state index contributed by atoms with van der Waals surface area (Å²) in [5.74, 6) is 1.98. The second-order valence-corrected chi connectivity index (χ2v) is 13.1. The molecule has 0 N–H and O–H groups in total. The molecule has 0 saturated carbocycles. The third-order valence-corrected chi connectivity index (χ3v) is 10.5. The van der Waals surface area contributed by atoms with Crippen molar-refractivity contribution in [3.8, 4) is 39.9 Å². The molecule has 0 spiro atoms. The molecule has 0 unspecified atom stereocenters. The minimum absolute atomic E-state index is 0.655. The largest absolute Gasteiger partial charge is 0.309 e. The number of benzene rings is 7. The molecule has 0 aliphatic carbocycles. The monoisotopic (exact) mass is 630 g/mol. The van der Waals surface area contributed by atoms with Crippen LogP contribution in [0.25, 0.3) is 92.6 Å². The summed E-state index contributed by atoms with van der Waals surface area (Å²) in [6.07, 6.45) is 0. The zero-order valence-electron chi connectivity index (χ0n) is 25.7. The summed E-state index contributed by atoms with van der Waals surface area (Å²) in [5.41, 5.74) is 6.43. The van der Waals surface area contributed by atoms with Crippen LogP contribution in [0.5, 0.6) is 0 Å². The number of para-hydroxylation sites is 2. The van der Waals surface area contributed by atoms with Gasteiger partial charge in [-0.15, -0.1) is 11.3 Å². The summed E-state index contributed by atoms with van der Waals surface area (Å²) in [5, 5.41) is 7.18. The van der Waals surface area contributed by atoms with Crippen LogP contribution in [-0.2, 0) is 0 Å². The van der Waals surface area contributed by atoms with Gasteiger partial charge < -0.3 is 4.57 Å². The highest BCUT2D eigenvalue weighted by Crippen LogP contribution is 2.41. The van der Waals surface area contributed by atoms with Crippen LogP contribution in [0, 0.1) is 0 Å². The maximum Gasteiger partial charge on any atom is 0.165 e. The lowest BCUT2D eigenvalue weighted by Crippen LogP contribution is -2.01. The lowest BCUT2D eigenvalue weighted by molar-refractivity contribution is 1.08. The van der Waals surface area contributed by atoms with Gasteiger partial charge in [-0.05, 0) is 35.7 Å². The fourth-order valence-corrected chi connectivity index (χ4v) is 8.33. The Kier molecular flexibility index (Phi) is 6.01. The van der Waals surface area contributed by atoms with Crippen molar-refractivity contribution in [3.05, 3.63) is 158 Å². The standard InChI is InChI=1S/C43H26N4S/c1-2-13-27(14-3-1)41-44-42(46-43(45-41)35-22-11-20-33-32-17-6-9-26-39(32)48-40(33)35)34-21-10-19-29-28(34)18-12-25-38(29)47-36-23-7-4-15-30(36)31-16-5-8-24-37(31)47/h1-26H. The van der Waals surface area contributed by atoms with Crippen LogP contribution < -0.4 is 0 Å². The van der Waals surface area contributed by atoms with Crippen LogP contribution in [0.2, 0.25) is 0 Å². The maximum absolute atomic E-state index is 5.24. The lowest BCUT2D eigenvalue weighted by atomic mass is 10.0. The molecule has 7 aromatic carbocycles. The van der Waals surface area contributed by atoms with Gasteiger partial charge in [0.25, 0.3) is 0 Å². The van der Waals surface area contributed by atoms with Crippen molar-refractivity contribution in [2.24, 2.45) is 0 Å². The fourth-order valence-electron chi connectivity index (χ4n) is 7.12. The highest BCUT2D eigenvalue weighted by molar-refractivity contribution is 7.26.